The fraction of sp³-hybridized carbons (Fsp3) is 1.00. The number of halogens is 1. The lowest BCUT2D eigenvalue weighted by Gasteiger charge is -2.30. The van der Waals surface area contributed by atoms with Crippen molar-refractivity contribution in [2.75, 3.05) is 25.5 Å². The molecule has 0 heterocycles. The molecule has 12 heavy (non-hydrogen) atoms. The van der Waals surface area contributed by atoms with Crippen molar-refractivity contribution in [3.8, 4) is 0 Å². The number of alkyl halides is 1. The Morgan fingerprint density at radius 1 is 1.58 bits per heavy atom. The summed E-state index contributed by atoms with van der Waals surface area (Å²) < 4.78 is 0. The highest BCUT2D eigenvalue weighted by Crippen LogP contribution is 2.26. The van der Waals surface area contributed by atoms with Gasteiger partial charge in [-0.15, -0.1) is 0 Å². The van der Waals surface area contributed by atoms with Gasteiger partial charge in [-0.05, 0) is 25.8 Å². The van der Waals surface area contributed by atoms with Gasteiger partial charge in [-0.1, -0.05) is 22.4 Å². The number of hydrogen-bond acceptors (Lipinski definition) is 2. The summed E-state index contributed by atoms with van der Waals surface area (Å²) in [4.78, 5) is 2.23. The van der Waals surface area contributed by atoms with Crippen molar-refractivity contribution >= 4 is 15.9 Å². The van der Waals surface area contributed by atoms with Crippen molar-refractivity contribution in [2.45, 2.75) is 25.4 Å². The van der Waals surface area contributed by atoms with Crippen LogP contribution in [0.15, 0.2) is 0 Å². The van der Waals surface area contributed by atoms with Gasteiger partial charge in [-0.25, -0.2) is 0 Å². The smallest absolute Gasteiger partial charge is 0.0763 e. The third-order valence-electron chi connectivity index (χ3n) is 2.50. The Morgan fingerprint density at radius 2 is 2.25 bits per heavy atom. The van der Waals surface area contributed by atoms with E-state index >= 15 is 0 Å². The fourth-order valence-electron chi connectivity index (χ4n) is 1.60. The molecule has 0 spiro atoms. The zero-order valence-corrected chi connectivity index (χ0v) is 9.26. The number of hydrogen-bond donors (Lipinski definition) is 1. The molecule has 0 amide bonds. The van der Waals surface area contributed by atoms with Gasteiger partial charge in [-0.2, -0.15) is 0 Å². The van der Waals surface area contributed by atoms with Crippen molar-refractivity contribution in [1.29, 1.82) is 0 Å². The van der Waals surface area contributed by atoms with E-state index in [9.17, 15) is 5.11 Å². The van der Waals surface area contributed by atoms with Gasteiger partial charge in [0.15, 0.2) is 0 Å². The SMILES string of the molecule is CN(CC(O)CBr)CC1CCC1. The maximum atomic E-state index is 9.34. The number of likely N-dealkylation sites (N-methyl/N-ethyl adjacent to an activating group) is 1. The topological polar surface area (TPSA) is 23.5 Å². The van der Waals surface area contributed by atoms with Crippen molar-refractivity contribution in [3.63, 3.8) is 0 Å². The van der Waals surface area contributed by atoms with Gasteiger partial charge in [0.2, 0.25) is 0 Å². The second-order valence-corrected chi connectivity index (χ2v) is 4.47. The zero-order valence-electron chi connectivity index (χ0n) is 7.67. The highest BCUT2D eigenvalue weighted by atomic mass is 79.9. The quantitative estimate of drug-likeness (QED) is 0.731. The Bertz CT molecular complexity index is 121. The standard InChI is InChI=1S/C9H18BrNO/c1-11(7-9(12)5-10)6-8-3-2-4-8/h8-9,12H,2-7H2,1H3. The van der Waals surface area contributed by atoms with Crippen LogP contribution in [-0.4, -0.2) is 41.6 Å². The summed E-state index contributed by atoms with van der Waals surface area (Å²) in [5, 5.41) is 10.0. The van der Waals surface area contributed by atoms with E-state index in [1.165, 1.54) is 19.3 Å². The minimum absolute atomic E-state index is 0.213. The van der Waals surface area contributed by atoms with E-state index in [0.29, 0.717) is 5.33 Å². The van der Waals surface area contributed by atoms with Gasteiger partial charge in [0.25, 0.3) is 0 Å². The Balaban J connectivity index is 2.05. The number of aliphatic hydroxyl groups is 1. The van der Waals surface area contributed by atoms with Crippen LogP contribution in [0.5, 0.6) is 0 Å². The second-order valence-electron chi connectivity index (χ2n) is 3.83. The lowest BCUT2D eigenvalue weighted by molar-refractivity contribution is 0.122. The summed E-state index contributed by atoms with van der Waals surface area (Å²) in [6, 6.07) is 0. The summed E-state index contributed by atoms with van der Waals surface area (Å²) in [5.41, 5.74) is 0. The predicted molar refractivity (Wildman–Crippen MR) is 54.6 cm³/mol. The molecule has 0 aromatic carbocycles. The lowest BCUT2D eigenvalue weighted by atomic mass is 9.85. The molecular weight excluding hydrogens is 218 g/mol. The van der Waals surface area contributed by atoms with E-state index in [2.05, 4.69) is 27.9 Å². The molecular formula is C9H18BrNO. The van der Waals surface area contributed by atoms with Crippen LogP contribution in [-0.2, 0) is 0 Å². The predicted octanol–water partition coefficient (Wildman–Crippen LogP) is 1.47. The van der Waals surface area contributed by atoms with Crippen molar-refractivity contribution in [1.82, 2.24) is 4.90 Å². The van der Waals surface area contributed by atoms with Crippen molar-refractivity contribution in [3.05, 3.63) is 0 Å². The minimum atomic E-state index is -0.213. The van der Waals surface area contributed by atoms with E-state index in [4.69, 9.17) is 0 Å². The summed E-state index contributed by atoms with van der Waals surface area (Å²) in [6.45, 7) is 1.95. The highest BCUT2D eigenvalue weighted by molar-refractivity contribution is 9.09. The van der Waals surface area contributed by atoms with Crippen LogP contribution >= 0.6 is 15.9 Å². The molecule has 0 bridgehead atoms. The number of rotatable bonds is 5. The minimum Gasteiger partial charge on any atom is -0.391 e. The molecule has 1 unspecified atom stereocenters. The van der Waals surface area contributed by atoms with E-state index < -0.39 is 0 Å². The first-order chi connectivity index (χ1) is 5.72. The van der Waals surface area contributed by atoms with Crippen LogP contribution < -0.4 is 0 Å². The van der Waals surface area contributed by atoms with E-state index in [-0.39, 0.29) is 6.10 Å². The first-order valence-corrected chi connectivity index (χ1v) is 5.77. The first-order valence-electron chi connectivity index (χ1n) is 4.65. The zero-order chi connectivity index (χ0) is 8.97. The average Bonchev–Trinajstić information content (AvgIpc) is 1.97. The molecule has 1 aliphatic carbocycles. The molecule has 1 aliphatic rings. The molecule has 2 nitrogen and oxygen atoms in total. The van der Waals surface area contributed by atoms with Crippen molar-refractivity contribution < 1.29 is 5.11 Å². The molecule has 0 aromatic heterocycles. The summed E-state index contributed by atoms with van der Waals surface area (Å²) in [5.74, 6) is 0.900. The molecule has 1 atom stereocenters. The van der Waals surface area contributed by atoms with Gasteiger partial charge in [0.1, 0.15) is 0 Å². The third-order valence-corrected chi connectivity index (χ3v) is 3.24. The Labute approximate surface area is 83.1 Å². The van der Waals surface area contributed by atoms with Crippen LogP contribution in [0.4, 0.5) is 0 Å². The fourth-order valence-corrected chi connectivity index (χ4v) is 1.80. The van der Waals surface area contributed by atoms with E-state index in [1.54, 1.807) is 0 Å². The summed E-state index contributed by atoms with van der Waals surface area (Å²) >= 11 is 3.26. The number of nitrogens with zero attached hydrogens (tertiary/aromatic N) is 1. The van der Waals surface area contributed by atoms with Crippen LogP contribution in [0.2, 0.25) is 0 Å². The van der Waals surface area contributed by atoms with Gasteiger partial charge in [0.05, 0.1) is 6.10 Å². The molecule has 0 aromatic rings. The van der Waals surface area contributed by atoms with E-state index in [1.807, 2.05) is 0 Å². The normalized spacial score (nSPS) is 21.0. The Hall–Kier alpha value is 0.400. The lowest BCUT2D eigenvalue weighted by Crippen LogP contribution is -2.35. The molecule has 3 heteroatoms. The maximum absolute atomic E-state index is 9.34. The van der Waals surface area contributed by atoms with Crippen LogP contribution in [0.25, 0.3) is 0 Å². The largest absolute Gasteiger partial charge is 0.391 e. The number of aliphatic hydroxyl groups excluding tert-OH is 1. The van der Waals surface area contributed by atoms with Crippen LogP contribution in [0.1, 0.15) is 19.3 Å². The molecule has 1 saturated carbocycles. The second kappa shape index (κ2) is 5.20. The van der Waals surface area contributed by atoms with Gasteiger partial charge in [-0.3, -0.25) is 0 Å². The average molecular weight is 236 g/mol. The molecule has 0 aliphatic heterocycles. The molecule has 72 valence electrons. The van der Waals surface area contributed by atoms with Crippen LogP contribution in [0.3, 0.4) is 0 Å². The molecule has 0 radical (unpaired) electrons. The first kappa shape index (κ1) is 10.5. The highest BCUT2D eigenvalue weighted by Gasteiger charge is 2.19. The molecule has 1 N–H and O–H groups in total. The van der Waals surface area contributed by atoms with Gasteiger partial charge < -0.3 is 10.0 Å². The monoisotopic (exact) mass is 235 g/mol. The molecule has 0 saturated heterocycles. The Kier molecular flexibility index (Phi) is 4.54. The Morgan fingerprint density at radius 3 is 2.67 bits per heavy atom. The van der Waals surface area contributed by atoms with Crippen molar-refractivity contribution in [2.24, 2.45) is 5.92 Å². The summed E-state index contributed by atoms with van der Waals surface area (Å²) in [7, 11) is 2.09. The van der Waals surface area contributed by atoms with Gasteiger partial charge >= 0.3 is 0 Å². The third kappa shape index (κ3) is 3.42. The van der Waals surface area contributed by atoms with Crippen LogP contribution in [0, 0.1) is 5.92 Å². The van der Waals surface area contributed by atoms with E-state index in [0.717, 1.165) is 19.0 Å². The maximum Gasteiger partial charge on any atom is 0.0763 e. The molecule has 1 fully saturated rings. The van der Waals surface area contributed by atoms with Gasteiger partial charge in [0, 0.05) is 18.4 Å². The molecule has 1 rings (SSSR count). The summed E-state index contributed by atoms with van der Waals surface area (Å²) in [6.07, 6.45) is 3.96.